The van der Waals surface area contributed by atoms with Crippen LogP contribution in [-0.2, 0) is 16.0 Å². The number of rotatable bonds is 8. The summed E-state index contributed by atoms with van der Waals surface area (Å²) in [6, 6.07) is 9.37. The molecule has 3 N–H and O–H groups in total. The Labute approximate surface area is 125 Å². The SMILES string of the molecule is CC(C)C(O)CCNC(=O)CNC(=O)Cc1ccccc1. The van der Waals surface area contributed by atoms with Gasteiger partial charge in [-0.3, -0.25) is 9.59 Å². The van der Waals surface area contributed by atoms with Crippen LogP contribution in [0.4, 0.5) is 0 Å². The lowest BCUT2D eigenvalue weighted by Gasteiger charge is -2.14. The molecule has 0 aliphatic heterocycles. The highest BCUT2D eigenvalue weighted by atomic mass is 16.3. The summed E-state index contributed by atoms with van der Waals surface area (Å²) in [4.78, 5) is 23.2. The fourth-order valence-electron chi connectivity index (χ4n) is 1.78. The van der Waals surface area contributed by atoms with E-state index in [1.165, 1.54) is 0 Å². The maximum Gasteiger partial charge on any atom is 0.239 e. The molecule has 2 amide bonds. The molecule has 5 nitrogen and oxygen atoms in total. The molecule has 0 spiro atoms. The van der Waals surface area contributed by atoms with Crippen LogP contribution < -0.4 is 10.6 Å². The summed E-state index contributed by atoms with van der Waals surface area (Å²) in [5.74, 6) is -0.251. The Morgan fingerprint density at radius 3 is 2.38 bits per heavy atom. The maximum atomic E-state index is 11.7. The molecule has 21 heavy (non-hydrogen) atoms. The van der Waals surface area contributed by atoms with Gasteiger partial charge in [0.2, 0.25) is 11.8 Å². The van der Waals surface area contributed by atoms with Crippen molar-refractivity contribution in [2.24, 2.45) is 5.92 Å². The van der Waals surface area contributed by atoms with Gasteiger partial charge in [-0.2, -0.15) is 0 Å². The van der Waals surface area contributed by atoms with Gasteiger partial charge in [0.15, 0.2) is 0 Å². The van der Waals surface area contributed by atoms with E-state index >= 15 is 0 Å². The zero-order chi connectivity index (χ0) is 15.7. The monoisotopic (exact) mass is 292 g/mol. The molecule has 1 aromatic rings. The lowest BCUT2D eigenvalue weighted by atomic mass is 10.0. The van der Waals surface area contributed by atoms with Gasteiger partial charge >= 0.3 is 0 Å². The predicted octanol–water partition coefficient (Wildman–Crippen LogP) is 0.869. The first kappa shape index (κ1) is 17.2. The number of hydrogen-bond acceptors (Lipinski definition) is 3. The fourth-order valence-corrected chi connectivity index (χ4v) is 1.78. The van der Waals surface area contributed by atoms with E-state index in [0.717, 1.165) is 5.56 Å². The van der Waals surface area contributed by atoms with Gasteiger partial charge < -0.3 is 15.7 Å². The van der Waals surface area contributed by atoms with Gasteiger partial charge in [0.05, 0.1) is 19.1 Å². The molecular formula is C16H24N2O3. The molecule has 1 atom stereocenters. The Balaban J connectivity index is 2.16. The van der Waals surface area contributed by atoms with Crippen LogP contribution in [0.3, 0.4) is 0 Å². The normalized spacial score (nSPS) is 12.0. The molecule has 1 rings (SSSR count). The van der Waals surface area contributed by atoms with E-state index in [1.54, 1.807) is 0 Å². The van der Waals surface area contributed by atoms with E-state index in [-0.39, 0.29) is 30.7 Å². The number of aliphatic hydroxyl groups is 1. The topological polar surface area (TPSA) is 78.4 Å². The highest BCUT2D eigenvalue weighted by Crippen LogP contribution is 2.03. The molecule has 0 bridgehead atoms. The zero-order valence-electron chi connectivity index (χ0n) is 12.6. The molecule has 0 aliphatic rings. The molecule has 116 valence electrons. The van der Waals surface area contributed by atoms with Crippen LogP contribution in [0.5, 0.6) is 0 Å². The van der Waals surface area contributed by atoms with Gasteiger partial charge in [-0.15, -0.1) is 0 Å². The van der Waals surface area contributed by atoms with Crippen molar-refractivity contribution in [2.45, 2.75) is 32.8 Å². The summed E-state index contributed by atoms with van der Waals surface area (Å²) in [6.45, 7) is 4.22. The number of hydrogen-bond donors (Lipinski definition) is 3. The number of benzene rings is 1. The summed E-state index contributed by atoms with van der Waals surface area (Å²) in [6.07, 6.45) is 0.361. The van der Waals surface area contributed by atoms with Crippen LogP contribution in [0.1, 0.15) is 25.8 Å². The Morgan fingerprint density at radius 1 is 1.10 bits per heavy atom. The van der Waals surface area contributed by atoms with Crippen molar-refractivity contribution in [1.82, 2.24) is 10.6 Å². The predicted molar refractivity (Wildman–Crippen MR) is 81.6 cm³/mol. The molecule has 5 heteroatoms. The summed E-state index contributed by atoms with van der Waals surface area (Å²) >= 11 is 0. The molecule has 0 aromatic heterocycles. The summed E-state index contributed by atoms with van der Waals surface area (Å²) < 4.78 is 0. The van der Waals surface area contributed by atoms with Gasteiger partial charge in [-0.1, -0.05) is 44.2 Å². The standard InChI is InChI=1S/C16H24N2O3/c1-12(2)14(19)8-9-17-16(21)11-18-15(20)10-13-6-4-3-5-7-13/h3-7,12,14,19H,8-11H2,1-2H3,(H,17,21)(H,18,20). The maximum absolute atomic E-state index is 11.7. The zero-order valence-corrected chi connectivity index (χ0v) is 12.6. The number of nitrogens with one attached hydrogen (secondary N) is 2. The first-order valence-electron chi connectivity index (χ1n) is 7.24. The molecular weight excluding hydrogens is 268 g/mol. The third-order valence-corrected chi connectivity index (χ3v) is 3.19. The van der Waals surface area contributed by atoms with E-state index in [4.69, 9.17) is 0 Å². The number of aliphatic hydroxyl groups excluding tert-OH is 1. The van der Waals surface area contributed by atoms with Crippen LogP contribution in [0.15, 0.2) is 30.3 Å². The van der Waals surface area contributed by atoms with Crippen molar-refractivity contribution >= 4 is 11.8 Å². The molecule has 0 aliphatic carbocycles. The lowest BCUT2D eigenvalue weighted by molar-refractivity contribution is -0.125. The van der Waals surface area contributed by atoms with E-state index in [9.17, 15) is 14.7 Å². The smallest absolute Gasteiger partial charge is 0.239 e. The van der Waals surface area contributed by atoms with E-state index in [1.807, 2.05) is 44.2 Å². The van der Waals surface area contributed by atoms with Crippen molar-refractivity contribution in [1.29, 1.82) is 0 Å². The minimum absolute atomic E-state index is 0.0383. The van der Waals surface area contributed by atoms with E-state index in [2.05, 4.69) is 10.6 Å². The van der Waals surface area contributed by atoms with Crippen LogP contribution >= 0.6 is 0 Å². The quantitative estimate of drug-likeness (QED) is 0.665. The average Bonchev–Trinajstić information content (AvgIpc) is 2.46. The van der Waals surface area contributed by atoms with Gasteiger partial charge in [0.25, 0.3) is 0 Å². The summed E-state index contributed by atoms with van der Waals surface area (Å²) in [5, 5.41) is 14.9. The van der Waals surface area contributed by atoms with Crippen LogP contribution in [0.25, 0.3) is 0 Å². The van der Waals surface area contributed by atoms with Crippen molar-refractivity contribution < 1.29 is 14.7 Å². The minimum atomic E-state index is -0.419. The van der Waals surface area contributed by atoms with Crippen molar-refractivity contribution in [3.8, 4) is 0 Å². The second-order valence-electron chi connectivity index (χ2n) is 5.39. The number of carbonyl (C=O) groups excluding carboxylic acids is 2. The second-order valence-corrected chi connectivity index (χ2v) is 5.39. The Kier molecular flexibility index (Phi) is 7.46. The third kappa shape index (κ3) is 7.46. The first-order chi connectivity index (χ1) is 9.99. The van der Waals surface area contributed by atoms with Crippen LogP contribution in [0, 0.1) is 5.92 Å². The van der Waals surface area contributed by atoms with Gasteiger partial charge in [0.1, 0.15) is 0 Å². The number of amides is 2. The fraction of sp³-hybridized carbons (Fsp3) is 0.500. The van der Waals surface area contributed by atoms with Gasteiger partial charge in [-0.05, 0) is 17.9 Å². The van der Waals surface area contributed by atoms with Gasteiger partial charge in [-0.25, -0.2) is 0 Å². The third-order valence-electron chi connectivity index (χ3n) is 3.19. The summed E-state index contributed by atoms with van der Waals surface area (Å²) in [5.41, 5.74) is 0.912. The molecule has 0 saturated heterocycles. The Morgan fingerprint density at radius 2 is 1.76 bits per heavy atom. The van der Waals surface area contributed by atoms with Crippen LogP contribution in [0.2, 0.25) is 0 Å². The van der Waals surface area contributed by atoms with E-state index < -0.39 is 6.10 Å². The highest BCUT2D eigenvalue weighted by molar-refractivity contribution is 5.85. The molecule has 0 radical (unpaired) electrons. The Hall–Kier alpha value is -1.88. The summed E-state index contributed by atoms with van der Waals surface area (Å²) in [7, 11) is 0. The minimum Gasteiger partial charge on any atom is -0.393 e. The van der Waals surface area contributed by atoms with Gasteiger partial charge in [0, 0.05) is 6.54 Å². The van der Waals surface area contributed by atoms with Crippen LogP contribution in [-0.4, -0.2) is 36.1 Å². The highest BCUT2D eigenvalue weighted by Gasteiger charge is 2.10. The molecule has 1 aromatic carbocycles. The average molecular weight is 292 g/mol. The van der Waals surface area contributed by atoms with Crippen molar-refractivity contribution in [2.75, 3.05) is 13.1 Å². The molecule has 1 unspecified atom stereocenters. The molecule has 0 heterocycles. The molecule has 0 saturated carbocycles. The Bertz CT molecular complexity index is 446. The first-order valence-corrected chi connectivity index (χ1v) is 7.24. The molecule has 0 fully saturated rings. The second kappa shape index (κ2) is 9.13. The lowest BCUT2D eigenvalue weighted by Crippen LogP contribution is -2.38. The van der Waals surface area contributed by atoms with Crippen molar-refractivity contribution in [3.63, 3.8) is 0 Å². The van der Waals surface area contributed by atoms with Crippen molar-refractivity contribution in [3.05, 3.63) is 35.9 Å². The van der Waals surface area contributed by atoms with E-state index in [0.29, 0.717) is 13.0 Å². The largest absolute Gasteiger partial charge is 0.393 e. The number of carbonyl (C=O) groups is 2.